The van der Waals surface area contributed by atoms with Crippen LogP contribution in [0.3, 0.4) is 0 Å². The largest absolute Gasteiger partial charge is 0.435 e. The number of carbonyl (C=O) groups excluding carboxylic acids is 1. The second-order valence-corrected chi connectivity index (χ2v) is 8.01. The highest BCUT2D eigenvalue weighted by Gasteiger charge is 2.38. The van der Waals surface area contributed by atoms with Crippen molar-refractivity contribution in [2.24, 2.45) is 0 Å². The lowest BCUT2D eigenvalue weighted by molar-refractivity contribution is -0.140. The van der Waals surface area contributed by atoms with Crippen molar-refractivity contribution in [3.05, 3.63) is 64.9 Å². The van der Waals surface area contributed by atoms with Gasteiger partial charge < -0.3 is 5.32 Å². The number of benzene rings is 1. The lowest BCUT2D eigenvalue weighted by atomic mass is 10.2. The molecule has 0 aliphatic rings. The van der Waals surface area contributed by atoms with Crippen LogP contribution in [0, 0.1) is 6.92 Å². The minimum atomic E-state index is -4.63. The highest BCUT2D eigenvalue weighted by Crippen LogP contribution is 2.38. The van der Waals surface area contributed by atoms with Gasteiger partial charge in [0.2, 0.25) is 0 Å². The predicted molar refractivity (Wildman–Crippen MR) is 108 cm³/mol. The van der Waals surface area contributed by atoms with Gasteiger partial charge in [0.05, 0.1) is 22.8 Å². The maximum atomic E-state index is 13.5. The van der Waals surface area contributed by atoms with Crippen molar-refractivity contribution in [3.8, 4) is 5.69 Å². The zero-order chi connectivity index (χ0) is 21.5. The first-order valence-electron chi connectivity index (χ1n) is 9.18. The molecule has 0 bridgehead atoms. The van der Waals surface area contributed by atoms with Gasteiger partial charge in [-0.1, -0.05) is 18.2 Å². The molecule has 0 spiro atoms. The van der Waals surface area contributed by atoms with Crippen molar-refractivity contribution in [1.29, 1.82) is 0 Å². The summed E-state index contributed by atoms with van der Waals surface area (Å²) in [4.78, 5) is 13.2. The molecule has 30 heavy (non-hydrogen) atoms. The number of fused-ring (bicyclic) bond motifs is 1. The Balaban J connectivity index is 1.65. The summed E-state index contributed by atoms with van der Waals surface area (Å²) in [6.45, 7) is 4.14. The van der Waals surface area contributed by atoms with Crippen LogP contribution in [0.1, 0.15) is 28.0 Å². The SMILES string of the molecule is Cc1ccn(C[C@H](C)NC(=O)c2cc3c(C(F)(F)F)nn(-c4ccccc4)c3s2)n1. The van der Waals surface area contributed by atoms with Crippen molar-refractivity contribution < 1.29 is 18.0 Å². The van der Waals surface area contributed by atoms with E-state index in [9.17, 15) is 18.0 Å². The van der Waals surface area contributed by atoms with E-state index in [2.05, 4.69) is 15.5 Å². The van der Waals surface area contributed by atoms with E-state index >= 15 is 0 Å². The minimum Gasteiger partial charge on any atom is -0.347 e. The van der Waals surface area contributed by atoms with E-state index in [1.54, 1.807) is 35.0 Å². The minimum absolute atomic E-state index is 0.0862. The third kappa shape index (κ3) is 3.95. The number of nitrogens with zero attached hydrogens (tertiary/aromatic N) is 4. The molecule has 0 aliphatic heterocycles. The van der Waals surface area contributed by atoms with Gasteiger partial charge in [-0.25, -0.2) is 4.68 Å². The molecule has 6 nitrogen and oxygen atoms in total. The number of hydrogen-bond donors (Lipinski definition) is 1. The average Bonchev–Trinajstić information content (AvgIpc) is 3.36. The van der Waals surface area contributed by atoms with Crippen LogP contribution in [0.25, 0.3) is 15.9 Å². The first-order chi connectivity index (χ1) is 14.2. The summed E-state index contributed by atoms with van der Waals surface area (Å²) in [5, 5.41) is 10.8. The Morgan fingerprint density at radius 1 is 1.20 bits per heavy atom. The summed E-state index contributed by atoms with van der Waals surface area (Å²) in [5.41, 5.74) is 0.356. The summed E-state index contributed by atoms with van der Waals surface area (Å²) in [5.74, 6) is -0.430. The number of hydrogen-bond acceptors (Lipinski definition) is 4. The second kappa shape index (κ2) is 7.60. The van der Waals surface area contributed by atoms with Gasteiger partial charge in [-0.2, -0.15) is 23.4 Å². The average molecular weight is 433 g/mol. The Morgan fingerprint density at radius 3 is 2.57 bits per heavy atom. The van der Waals surface area contributed by atoms with E-state index in [1.807, 2.05) is 26.1 Å². The van der Waals surface area contributed by atoms with Gasteiger partial charge in [-0.3, -0.25) is 9.48 Å². The summed E-state index contributed by atoms with van der Waals surface area (Å²) >= 11 is 0.982. The normalized spacial score (nSPS) is 13.0. The molecule has 0 radical (unpaired) electrons. The molecule has 0 saturated carbocycles. The molecule has 4 rings (SSSR count). The van der Waals surface area contributed by atoms with Gasteiger partial charge in [-0.15, -0.1) is 11.3 Å². The molecular formula is C20H18F3N5OS. The van der Waals surface area contributed by atoms with E-state index in [-0.39, 0.29) is 21.1 Å². The van der Waals surface area contributed by atoms with E-state index in [1.165, 1.54) is 10.7 Å². The quantitative estimate of drug-likeness (QED) is 0.507. The van der Waals surface area contributed by atoms with Crippen LogP contribution < -0.4 is 5.32 Å². The first-order valence-corrected chi connectivity index (χ1v) is 10.00. The molecule has 0 aliphatic carbocycles. The van der Waals surface area contributed by atoms with Crippen molar-refractivity contribution in [3.63, 3.8) is 0 Å². The topological polar surface area (TPSA) is 64.7 Å². The van der Waals surface area contributed by atoms with Crippen LogP contribution in [0.5, 0.6) is 0 Å². The van der Waals surface area contributed by atoms with Crippen LogP contribution in [0.15, 0.2) is 48.7 Å². The molecule has 1 aromatic carbocycles. The van der Waals surface area contributed by atoms with Gasteiger partial charge in [0.15, 0.2) is 5.69 Å². The van der Waals surface area contributed by atoms with Crippen molar-refractivity contribution in [2.45, 2.75) is 32.6 Å². The highest BCUT2D eigenvalue weighted by molar-refractivity contribution is 7.20. The molecule has 156 valence electrons. The number of carbonyl (C=O) groups is 1. The lowest BCUT2D eigenvalue weighted by Gasteiger charge is -2.13. The van der Waals surface area contributed by atoms with Crippen LogP contribution in [-0.2, 0) is 12.7 Å². The van der Waals surface area contributed by atoms with Crippen LogP contribution in [-0.4, -0.2) is 31.5 Å². The Hall–Kier alpha value is -3.14. The van der Waals surface area contributed by atoms with Gasteiger partial charge in [0.1, 0.15) is 4.83 Å². The van der Waals surface area contributed by atoms with E-state index in [4.69, 9.17) is 0 Å². The number of para-hydroxylation sites is 1. The maximum Gasteiger partial charge on any atom is 0.435 e. The first kappa shape index (κ1) is 20.1. The number of amides is 1. The number of rotatable bonds is 5. The molecule has 4 aromatic rings. The highest BCUT2D eigenvalue weighted by atomic mass is 32.1. The standard InChI is InChI=1S/C20H18F3N5OS/c1-12-8-9-27(25-12)11-13(2)24-18(29)16-10-15-17(20(21,22)23)26-28(19(15)30-16)14-6-4-3-5-7-14/h3-10,13H,11H2,1-2H3,(H,24,29)/t13-/m0/s1. The molecule has 0 unspecified atom stereocenters. The number of halogens is 3. The van der Waals surface area contributed by atoms with Crippen LogP contribution in [0.4, 0.5) is 13.2 Å². The fourth-order valence-corrected chi connectivity index (χ4v) is 4.19. The van der Waals surface area contributed by atoms with Gasteiger partial charge in [0, 0.05) is 17.6 Å². The Kier molecular flexibility index (Phi) is 5.10. The Morgan fingerprint density at radius 2 is 1.93 bits per heavy atom. The summed E-state index contributed by atoms with van der Waals surface area (Å²) in [6.07, 6.45) is -2.82. The van der Waals surface area contributed by atoms with E-state index < -0.39 is 17.8 Å². The second-order valence-electron chi connectivity index (χ2n) is 6.98. The smallest absolute Gasteiger partial charge is 0.347 e. The van der Waals surface area contributed by atoms with E-state index in [0.717, 1.165) is 17.0 Å². The fourth-order valence-electron chi connectivity index (χ4n) is 3.16. The van der Waals surface area contributed by atoms with Crippen molar-refractivity contribution in [1.82, 2.24) is 24.9 Å². The molecule has 1 amide bonds. The summed E-state index contributed by atoms with van der Waals surface area (Å²) in [6, 6.07) is 11.4. The Bertz CT molecular complexity index is 1190. The summed E-state index contributed by atoms with van der Waals surface area (Å²) < 4.78 is 43.5. The number of thiophene rings is 1. The van der Waals surface area contributed by atoms with E-state index in [0.29, 0.717) is 12.2 Å². The fraction of sp³-hybridized carbons (Fsp3) is 0.250. The number of aromatic nitrogens is 4. The van der Waals surface area contributed by atoms with Crippen molar-refractivity contribution in [2.75, 3.05) is 0 Å². The molecule has 0 saturated heterocycles. The Labute approximate surface area is 173 Å². The molecule has 10 heteroatoms. The predicted octanol–water partition coefficient (Wildman–Crippen LogP) is 4.43. The van der Waals surface area contributed by atoms with Crippen LogP contribution >= 0.6 is 11.3 Å². The summed E-state index contributed by atoms with van der Waals surface area (Å²) in [7, 11) is 0. The number of nitrogens with one attached hydrogen (secondary N) is 1. The molecular weight excluding hydrogens is 415 g/mol. The molecule has 3 aromatic heterocycles. The molecule has 3 heterocycles. The van der Waals surface area contributed by atoms with Gasteiger partial charge in [-0.05, 0) is 38.1 Å². The monoisotopic (exact) mass is 433 g/mol. The molecule has 1 atom stereocenters. The van der Waals surface area contributed by atoms with Crippen molar-refractivity contribution >= 4 is 27.5 Å². The molecule has 1 N–H and O–H groups in total. The van der Waals surface area contributed by atoms with Gasteiger partial charge >= 0.3 is 6.18 Å². The number of aryl methyl sites for hydroxylation is 1. The van der Waals surface area contributed by atoms with Crippen LogP contribution in [0.2, 0.25) is 0 Å². The maximum absolute atomic E-state index is 13.5. The lowest BCUT2D eigenvalue weighted by Crippen LogP contribution is -2.35. The van der Waals surface area contributed by atoms with Gasteiger partial charge in [0.25, 0.3) is 5.91 Å². The molecule has 0 fully saturated rings. The number of alkyl halides is 3. The third-order valence-electron chi connectivity index (χ3n) is 4.47. The third-order valence-corrected chi connectivity index (χ3v) is 5.57. The zero-order valence-corrected chi connectivity index (χ0v) is 17.0. The zero-order valence-electron chi connectivity index (χ0n) is 16.1.